The van der Waals surface area contributed by atoms with Crippen molar-refractivity contribution in [3.63, 3.8) is 0 Å². The summed E-state index contributed by atoms with van der Waals surface area (Å²) < 4.78 is 5.45. The lowest BCUT2D eigenvalue weighted by Gasteiger charge is -2.42. The number of aliphatic carboxylic acids is 1. The average molecular weight is 512 g/mol. The maximum atomic E-state index is 11.9. The fourth-order valence-electron chi connectivity index (χ4n) is 6.53. The van der Waals surface area contributed by atoms with E-state index in [2.05, 4.69) is 9.88 Å². The molecule has 1 aliphatic carbocycles. The minimum Gasteiger partial charge on any atom is -0.497 e. The maximum Gasteiger partial charge on any atom is 0.303 e. The monoisotopic (exact) mass is 511 g/mol. The van der Waals surface area contributed by atoms with E-state index in [1.165, 1.54) is 38.5 Å². The molecule has 2 N–H and O–H groups in total. The van der Waals surface area contributed by atoms with Crippen molar-refractivity contribution >= 4 is 22.6 Å². The van der Waals surface area contributed by atoms with E-state index in [9.17, 15) is 15.0 Å². The van der Waals surface area contributed by atoms with Crippen LogP contribution in [-0.4, -0.2) is 66.9 Å². The SMILES string of the molecule is COc1ccc2ncc(N(C)C)c([C@@H](O)CCC3(CC(=O)O)CCN(CCC4CCCCC4)CC3)c2c1. The molecule has 0 spiro atoms. The Morgan fingerprint density at radius 3 is 2.59 bits per heavy atom. The van der Waals surface area contributed by atoms with E-state index in [4.69, 9.17) is 4.74 Å². The number of likely N-dealkylation sites (tertiary alicyclic amines) is 1. The minimum atomic E-state index is -0.738. The van der Waals surface area contributed by atoms with Crippen molar-refractivity contribution in [1.82, 2.24) is 9.88 Å². The van der Waals surface area contributed by atoms with Crippen LogP contribution in [0.5, 0.6) is 5.75 Å². The minimum absolute atomic E-state index is 0.168. The molecule has 2 aliphatic rings. The summed E-state index contributed by atoms with van der Waals surface area (Å²) >= 11 is 0. The molecule has 1 aromatic heterocycles. The maximum absolute atomic E-state index is 11.9. The van der Waals surface area contributed by atoms with Crippen LogP contribution in [0.2, 0.25) is 0 Å². The molecule has 1 aliphatic heterocycles. The van der Waals surface area contributed by atoms with Crippen molar-refractivity contribution in [2.75, 3.05) is 45.7 Å². The van der Waals surface area contributed by atoms with Crippen molar-refractivity contribution in [1.29, 1.82) is 0 Å². The second-order valence-electron chi connectivity index (χ2n) is 11.6. The second-order valence-corrected chi connectivity index (χ2v) is 11.6. The summed E-state index contributed by atoms with van der Waals surface area (Å²) in [7, 11) is 5.54. The summed E-state index contributed by atoms with van der Waals surface area (Å²) in [5, 5.41) is 22.2. The standard InChI is InChI=1S/C30H45N3O4/c1-32(2)26-21-31-25-10-9-23(37-3)19-24(25)29(26)27(34)11-13-30(20-28(35)36)14-17-33(18-15-30)16-12-22-7-5-4-6-8-22/h9-10,19,21-22,27,34H,4-8,11-18,20H2,1-3H3,(H,35,36)/t27-/m0/s1. The van der Waals surface area contributed by atoms with Crippen LogP contribution in [0.25, 0.3) is 10.9 Å². The van der Waals surface area contributed by atoms with Gasteiger partial charge in [-0.15, -0.1) is 0 Å². The Kier molecular flexibility index (Phi) is 9.30. The van der Waals surface area contributed by atoms with Crippen LogP contribution in [0.3, 0.4) is 0 Å². The Labute approximate surface area is 221 Å². The number of carboxylic acids is 1. The number of methoxy groups -OCH3 is 1. The quantitative estimate of drug-likeness (QED) is 0.403. The van der Waals surface area contributed by atoms with Crippen LogP contribution in [0.1, 0.15) is 82.3 Å². The van der Waals surface area contributed by atoms with Gasteiger partial charge in [-0.2, -0.15) is 0 Å². The number of nitrogens with zero attached hydrogens (tertiary/aromatic N) is 3. The number of pyridine rings is 1. The van der Waals surface area contributed by atoms with Crippen LogP contribution in [-0.2, 0) is 4.79 Å². The van der Waals surface area contributed by atoms with Gasteiger partial charge in [-0.3, -0.25) is 9.78 Å². The van der Waals surface area contributed by atoms with E-state index in [0.29, 0.717) is 12.8 Å². The molecule has 0 amide bonds. The zero-order valence-corrected chi connectivity index (χ0v) is 22.9. The molecule has 0 radical (unpaired) electrons. The molecule has 1 saturated carbocycles. The Bertz CT molecular complexity index is 1040. The predicted molar refractivity (Wildman–Crippen MR) is 148 cm³/mol. The Morgan fingerprint density at radius 1 is 1.22 bits per heavy atom. The van der Waals surface area contributed by atoms with Gasteiger partial charge in [0.05, 0.1) is 37.0 Å². The Morgan fingerprint density at radius 2 is 1.95 bits per heavy atom. The molecular weight excluding hydrogens is 466 g/mol. The molecule has 1 saturated heterocycles. The first-order chi connectivity index (χ1) is 17.8. The highest BCUT2D eigenvalue weighted by molar-refractivity contribution is 5.88. The van der Waals surface area contributed by atoms with Crippen molar-refractivity contribution < 1.29 is 19.7 Å². The summed E-state index contributed by atoms with van der Waals surface area (Å²) in [6.45, 7) is 3.04. The fraction of sp³-hybridized carbons (Fsp3) is 0.667. The van der Waals surface area contributed by atoms with E-state index in [1.807, 2.05) is 43.4 Å². The van der Waals surface area contributed by atoms with E-state index < -0.39 is 12.1 Å². The molecule has 37 heavy (non-hydrogen) atoms. The first kappa shape index (κ1) is 27.6. The number of benzene rings is 1. The van der Waals surface area contributed by atoms with Gasteiger partial charge < -0.3 is 24.7 Å². The molecule has 2 heterocycles. The molecule has 2 fully saturated rings. The summed E-state index contributed by atoms with van der Waals surface area (Å²) in [6, 6.07) is 5.73. The van der Waals surface area contributed by atoms with Crippen molar-refractivity contribution in [3.05, 3.63) is 30.0 Å². The van der Waals surface area contributed by atoms with Crippen LogP contribution < -0.4 is 9.64 Å². The number of piperidine rings is 1. The summed E-state index contributed by atoms with van der Waals surface area (Å²) in [6.07, 6.45) is 12.4. The van der Waals surface area contributed by atoms with Gasteiger partial charge in [0.1, 0.15) is 5.75 Å². The number of fused-ring (bicyclic) bond motifs is 1. The van der Waals surface area contributed by atoms with Gasteiger partial charge >= 0.3 is 5.97 Å². The second kappa shape index (κ2) is 12.4. The van der Waals surface area contributed by atoms with Crippen LogP contribution in [0.15, 0.2) is 24.4 Å². The molecule has 7 nitrogen and oxygen atoms in total. The van der Waals surface area contributed by atoms with Gasteiger partial charge in [-0.05, 0) is 81.3 Å². The average Bonchev–Trinajstić information content (AvgIpc) is 2.90. The molecule has 1 aromatic carbocycles. The number of carboxylic acid groups (broad SMARTS) is 1. The van der Waals surface area contributed by atoms with Gasteiger partial charge in [0.15, 0.2) is 0 Å². The lowest BCUT2D eigenvalue weighted by atomic mass is 9.71. The third kappa shape index (κ3) is 6.94. The van der Waals surface area contributed by atoms with Crippen LogP contribution >= 0.6 is 0 Å². The lowest BCUT2D eigenvalue weighted by Crippen LogP contribution is -2.42. The lowest BCUT2D eigenvalue weighted by molar-refractivity contribution is -0.141. The van der Waals surface area contributed by atoms with E-state index in [-0.39, 0.29) is 11.8 Å². The number of hydrogen-bond donors (Lipinski definition) is 2. The van der Waals surface area contributed by atoms with E-state index >= 15 is 0 Å². The number of aliphatic hydroxyl groups is 1. The van der Waals surface area contributed by atoms with Gasteiger partial charge in [0, 0.05) is 25.0 Å². The molecule has 1 atom stereocenters. The zero-order chi connectivity index (χ0) is 26.4. The van der Waals surface area contributed by atoms with Gasteiger partial charge in [-0.1, -0.05) is 32.1 Å². The van der Waals surface area contributed by atoms with Crippen LogP contribution in [0.4, 0.5) is 5.69 Å². The van der Waals surface area contributed by atoms with Crippen LogP contribution in [0, 0.1) is 11.3 Å². The van der Waals surface area contributed by atoms with Crippen molar-refractivity contribution in [2.45, 2.75) is 76.7 Å². The number of aromatic nitrogens is 1. The molecular formula is C30H45N3O4. The number of carbonyl (C=O) groups is 1. The highest BCUT2D eigenvalue weighted by Gasteiger charge is 2.37. The Balaban J connectivity index is 1.45. The molecule has 7 heteroatoms. The highest BCUT2D eigenvalue weighted by Crippen LogP contribution is 2.43. The molecule has 0 unspecified atom stereocenters. The highest BCUT2D eigenvalue weighted by atomic mass is 16.5. The van der Waals surface area contributed by atoms with Crippen molar-refractivity contribution in [2.24, 2.45) is 11.3 Å². The zero-order valence-electron chi connectivity index (χ0n) is 22.9. The van der Waals surface area contributed by atoms with Crippen molar-refractivity contribution in [3.8, 4) is 5.75 Å². The topological polar surface area (TPSA) is 86.1 Å². The normalized spacial score (nSPS) is 19.6. The third-order valence-corrected chi connectivity index (χ3v) is 8.88. The number of anilines is 1. The number of ether oxygens (including phenoxy) is 1. The number of rotatable bonds is 11. The third-order valence-electron chi connectivity index (χ3n) is 8.88. The van der Waals surface area contributed by atoms with E-state index in [0.717, 1.165) is 66.3 Å². The molecule has 4 rings (SSSR count). The smallest absolute Gasteiger partial charge is 0.303 e. The summed E-state index contributed by atoms with van der Waals surface area (Å²) in [5.74, 6) is 0.856. The van der Waals surface area contributed by atoms with Gasteiger partial charge in [0.25, 0.3) is 0 Å². The number of aliphatic hydroxyl groups excluding tert-OH is 1. The largest absolute Gasteiger partial charge is 0.497 e. The van der Waals surface area contributed by atoms with Gasteiger partial charge in [0.2, 0.25) is 0 Å². The molecule has 2 aromatic rings. The fourth-order valence-corrected chi connectivity index (χ4v) is 6.53. The first-order valence-corrected chi connectivity index (χ1v) is 14.1. The predicted octanol–water partition coefficient (Wildman–Crippen LogP) is 5.65. The molecule has 204 valence electrons. The Hall–Kier alpha value is -2.38. The molecule has 0 bridgehead atoms. The summed E-state index contributed by atoms with van der Waals surface area (Å²) in [5.41, 5.74) is 2.25. The number of hydrogen-bond acceptors (Lipinski definition) is 6. The van der Waals surface area contributed by atoms with E-state index in [1.54, 1.807) is 7.11 Å². The van der Waals surface area contributed by atoms with Gasteiger partial charge in [-0.25, -0.2) is 0 Å². The first-order valence-electron chi connectivity index (χ1n) is 14.1. The summed E-state index contributed by atoms with van der Waals surface area (Å²) in [4.78, 5) is 21.0.